The number of aliphatic carboxylic acids is 2. The fraction of sp³-hybridized carbons (Fsp3) is 0.536. The molecule has 38 heavy (non-hydrogen) atoms. The van der Waals surface area contributed by atoms with E-state index in [-0.39, 0.29) is 28.5 Å². The van der Waals surface area contributed by atoms with Crippen molar-refractivity contribution >= 4 is 29.8 Å². The van der Waals surface area contributed by atoms with Crippen molar-refractivity contribution in [2.75, 3.05) is 6.61 Å². The van der Waals surface area contributed by atoms with Gasteiger partial charge < -0.3 is 24.4 Å². The number of carboxylic acid groups (broad SMARTS) is 2. The SMILES string of the molecule is C=C(C=CC(=O)O)C(=O)OC1CC2CCC1(C)C2(C)C.C=COC(C)=O.CCCCOC(=O)/C=C\C(=O)O. The van der Waals surface area contributed by atoms with Gasteiger partial charge in [0.25, 0.3) is 0 Å². The Morgan fingerprint density at radius 3 is 1.97 bits per heavy atom. The molecule has 3 atom stereocenters. The Morgan fingerprint density at radius 2 is 1.58 bits per heavy atom. The zero-order valence-corrected chi connectivity index (χ0v) is 22.9. The monoisotopic (exact) mass is 536 g/mol. The lowest BCUT2D eigenvalue weighted by molar-refractivity contribution is -0.151. The Hall–Kier alpha value is -3.69. The van der Waals surface area contributed by atoms with Crippen LogP contribution in [0.3, 0.4) is 0 Å². The molecule has 0 amide bonds. The summed E-state index contributed by atoms with van der Waals surface area (Å²) in [5, 5.41) is 16.7. The van der Waals surface area contributed by atoms with Gasteiger partial charge in [-0.15, -0.1) is 0 Å². The fourth-order valence-electron chi connectivity index (χ4n) is 4.38. The third kappa shape index (κ3) is 11.1. The Labute approximate surface area is 224 Å². The van der Waals surface area contributed by atoms with Crippen molar-refractivity contribution < 1.29 is 48.4 Å². The second-order valence-corrected chi connectivity index (χ2v) is 9.67. The van der Waals surface area contributed by atoms with Gasteiger partial charge in [0.15, 0.2) is 0 Å². The van der Waals surface area contributed by atoms with Gasteiger partial charge in [0.1, 0.15) is 6.10 Å². The summed E-state index contributed by atoms with van der Waals surface area (Å²) in [6.45, 7) is 17.0. The van der Waals surface area contributed by atoms with E-state index in [1.165, 1.54) is 19.4 Å². The molecule has 2 rings (SSSR count). The Morgan fingerprint density at radius 1 is 1.00 bits per heavy atom. The molecule has 0 aromatic carbocycles. The van der Waals surface area contributed by atoms with E-state index in [1.807, 2.05) is 6.92 Å². The summed E-state index contributed by atoms with van der Waals surface area (Å²) < 4.78 is 14.4. The second-order valence-electron chi connectivity index (χ2n) is 9.67. The lowest BCUT2D eigenvalue weighted by Gasteiger charge is -2.38. The summed E-state index contributed by atoms with van der Waals surface area (Å²) in [6, 6.07) is 0. The van der Waals surface area contributed by atoms with Gasteiger partial charge in [0.2, 0.25) is 0 Å². The first-order chi connectivity index (χ1) is 17.6. The summed E-state index contributed by atoms with van der Waals surface area (Å²) >= 11 is 0. The summed E-state index contributed by atoms with van der Waals surface area (Å²) in [6.07, 6.45) is 9.64. The lowest BCUT2D eigenvalue weighted by Crippen LogP contribution is -2.38. The molecule has 212 valence electrons. The van der Waals surface area contributed by atoms with Crippen LogP contribution in [0.15, 0.2) is 49.3 Å². The molecule has 2 N–H and O–H groups in total. The van der Waals surface area contributed by atoms with Gasteiger partial charge in [0, 0.05) is 30.6 Å². The van der Waals surface area contributed by atoms with Crippen molar-refractivity contribution in [2.24, 2.45) is 16.7 Å². The molecule has 0 aromatic rings. The standard InChI is InChI=1S/C16H22O4.C8H12O4.C4H6O2/c1-10(5-6-13(17)18)14(19)20-12-9-11-7-8-16(12,4)15(11,2)3;1-2-3-6-12-8(11)5-4-7(9)10;1-3-6-4(2)5/h5-6,11-12H,1,7-9H2,2-4H3,(H,17,18);4-5H,2-3,6H2,1H3,(H,9,10);3H,1H2,2H3/b;5-4-;. The average molecular weight is 537 g/mol. The van der Waals surface area contributed by atoms with Crippen LogP contribution in [0.2, 0.25) is 0 Å². The molecule has 2 fully saturated rings. The molecule has 0 heterocycles. The molecule has 2 saturated carbocycles. The van der Waals surface area contributed by atoms with E-state index in [0.29, 0.717) is 12.5 Å². The molecule has 2 aliphatic carbocycles. The van der Waals surface area contributed by atoms with Gasteiger partial charge in [-0.1, -0.05) is 47.3 Å². The highest BCUT2D eigenvalue weighted by Crippen LogP contribution is 2.66. The Balaban J connectivity index is 0.000000646. The van der Waals surface area contributed by atoms with Crippen LogP contribution in [0, 0.1) is 16.7 Å². The quantitative estimate of drug-likeness (QED) is 0.101. The van der Waals surface area contributed by atoms with Gasteiger partial charge in [-0.25, -0.2) is 19.2 Å². The summed E-state index contributed by atoms with van der Waals surface area (Å²) in [4.78, 5) is 52.7. The van der Waals surface area contributed by atoms with Crippen LogP contribution in [0.25, 0.3) is 0 Å². The maximum absolute atomic E-state index is 12.0. The minimum atomic E-state index is -1.15. The van der Waals surface area contributed by atoms with E-state index in [0.717, 1.165) is 50.2 Å². The zero-order valence-electron chi connectivity index (χ0n) is 22.9. The zero-order chi connectivity index (χ0) is 29.5. The number of esters is 3. The van der Waals surface area contributed by atoms with Crippen molar-refractivity contribution in [3.05, 3.63) is 49.3 Å². The highest BCUT2D eigenvalue weighted by atomic mass is 16.5. The lowest BCUT2D eigenvalue weighted by atomic mass is 9.70. The molecule has 10 nitrogen and oxygen atoms in total. The number of rotatable bonds is 10. The number of hydrogen-bond donors (Lipinski definition) is 2. The maximum Gasteiger partial charge on any atom is 0.337 e. The van der Waals surface area contributed by atoms with Crippen LogP contribution >= 0.6 is 0 Å². The van der Waals surface area contributed by atoms with Gasteiger partial charge >= 0.3 is 29.8 Å². The van der Waals surface area contributed by atoms with Crippen LogP contribution in [-0.2, 0) is 38.2 Å². The number of fused-ring (bicyclic) bond motifs is 2. The molecule has 10 heteroatoms. The van der Waals surface area contributed by atoms with Gasteiger partial charge in [-0.2, -0.15) is 0 Å². The van der Waals surface area contributed by atoms with E-state index < -0.39 is 23.9 Å². The molecular formula is C28H40O10. The van der Waals surface area contributed by atoms with E-state index in [2.05, 4.69) is 43.4 Å². The smallest absolute Gasteiger partial charge is 0.337 e. The number of unbranched alkanes of at least 4 members (excludes halogenated alkanes) is 1. The number of carboxylic acids is 2. The highest BCUT2D eigenvalue weighted by Gasteiger charge is 2.62. The number of hydrogen-bond acceptors (Lipinski definition) is 8. The van der Waals surface area contributed by atoms with Crippen LogP contribution in [0.1, 0.15) is 66.7 Å². The first-order valence-electron chi connectivity index (χ1n) is 12.3. The molecule has 0 saturated heterocycles. The van der Waals surface area contributed by atoms with Crippen LogP contribution in [0.5, 0.6) is 0 Å². The average Bonchev–Trinajstić information content (AvgIpc) is 3.15. The van der Waals surface area contributed by atoms with E-state index in [1.54, 1.807) is 0 Å². The normalized spacial score (nSPS) is 22.3. The molecule has 0 aliphatic heterocycles. The van der Waals surface area contributed by atoms with Crippen molar-refractivity contribution in [3.8, 4) is 0 Å². The van der Waals surface area contributed by atoms with Crippen LogP contribution < -0.4 is 0 Å². The van der Waals surface area contributed by atoms with Crippen molar-refractivity contribution in [3.63, 3.8) is 0 Å². The first-order valence-corrected chi connectivity index (χ1v) is 12.3. The summed E-state index contributed by atoms with van der Waals surface area (Å²) in [5.74, 6) is -3.12. The number of carbonyl (C=O) groups excluding carboxylic acids is 3. The fourth-order valence-corrected chi connectivity index (χ4v) is 4.38. The second kappa shape index (κ2) is 16.2. The molecule has 2 bridgehead atoms. The highest BCUT2D eigenvalue weighted by molar-refractivity contribution is 5.93. The number of ether oxygens (including phenoxy) is 3. The van der Waals surface area contributed by atoms with E-state index in [4.69, 9.17) is 14.9 Å². The third-order valence-electron chi connectivity index (χ3n) is 7.01. The molecule has 3 unspecified atom stereocenters. The van der Waals surface area contributed by atoms with Crippen molar-refractivity contribution in [1.29, 1.82) is 0 Å². The van der Waals surface area contributed by atoms with Crippen LogP contribution in [0.4, 0.5) is 0 Å². The van der Waals surface area contributed by atoms with Crippen molar-refractivity contribution in [1.82, 2.24) is 0 Å². The van der Waals surface area contributed by atoms with E-state index >= 15 is 0 Å². The third-order valence-corrected chi connectivity index (χ3v) is 7.01. The molecule has 2 aliphatic rings. The topological polar surface area (TPSA) is 154 Å². The Kier molecular flexibility index (Phi) is 14.6. The van der Waals surface area contributed by atoms with Crippen LogP contribution in [-0.4, -0.2) is 52.8 Å². The predicted molar refractivity (Wildman–Crippen MR) is 140 cm³/mol. The Bertz CT molecular complexity index is 943. The minimum Gasteiger partial charge on any atom is -0.478 e. The van der Waals surface area contributed by atoms with Gasteiger partial charge in [-0.05, 0) is 43.1 Å². The summed E-state index contributed by atoms with van der Waals surface area (Å²) in [7, 11) is 0. The van der Waals surface area contributed by atoms with E-state index in [9.17, 15) is 24.0 Å². The largest absolute Gasteiger partial charge is 0.478 e. The molecule has 0 radical (unpaired) electrons. The molecular weight excluding hydrogens is 496 g/mol. The minimum absolute atomic E-state index is 0.00409. The first kappa shape index (κ1) is 34.3. The van der Waals surface area contributed by atoms with Gasteiger partial charge in [-0.3, -0.25) is 4.79 Å². The maximum atomic E-state index is 12.0. The van der Waals surface area contributed by atoms with Gasteiger partial charge in [0.05, 0.1) is 18.4 Å². The summed E-state index contributed by atoms with van der Waals surface area (Å²) in [5.41, 5.74) is 0.261. The molecule has 0 aromatic heterocycles. The predicted octanol–water partition coefficient (Wildman–Crippen LogP) is 4.60. The van der Waals surface area contributed by atoms with Crippen molar-refractivity contribution in [2.45, 2.75) is 72.8 Å². The molecule has 0 spiro atoms. The number of carbonyl (C=O) groups is 5.